The zero-order valence-electron chi connectivity index (χ0n) is 10.9. The summed E-state index contributed by atoms with van der Waals surface area (Å²) in [5, 5.41) is 24.1. The Morgan fingerprint density at radius 2 is 2.05 bits per heavy atom. The molecule has 2 rings (SSSR count). The van der Waals surface area contributed by atoms with E-state index in [1.54, 1.807) is 0 Å². The van der Waals surface area contributed by atoms with Gasteiger partial charge in [0.05, 0.1) is 16.9 Å². The lowest BCUT2D eigenvalue weighted by Gasteiger charge is -2.11. The fourth-order valence-electron chi connectivity index (χ4n) is 2.01. The average Bonchev–Trinajstić information content (AvgIpc) is 2.75. The number of amides is 3. The maximum absolute atomic E-state index is 12.1. The highest BCUT2D eigenvalue weighted by Gasteiger charge is 2.34. The van der Waals surface area contributed by atoms with Crippen molar-refractivity contribution < 1.29 is 29.2 Å². The van der Waals surface area contributed by atoms with Crippen molar-refractivity contribution >= 4 is 29.4 Å². The predicted molar refractivity (Wildman–Crippen MR) is 69.1 cm³/mol. The van der Waals surface area contributed by atoms with Crippen molar-refractivity contribution in [2.45, 2.75) is 12.5 Å². The number of nitrogens with zero attached hydrogens (tertiary/aromatic N) is 1. The van der Waals surface area contributed by atoms with Crippen LogP contribution in [0.25, 0.3) is 0 Å². The molecule has 1 aromatic carbocycles. The molecule has 0 unspecified atom stereocenters. The molecule has 1 atom stereocenters. The van der Waals surface area contributed by atoms with Gasteiger partial charge in [-0.1, -0.05) is 6.07 Å². The van der Waals surface area contributed by atoms with Crippen LogP contribution in [0.3, 0.4) is 0 Å². The second-order valence-corrected chi connectivity index (χ2v) is 4.40. The van der Waals surface area contributed by atoms with Gasteiger partial charge < -0.3 is 10.4 Å². The number of carbonyl (C=O) groups is 4. The number of nitro benzene ring substituents is 1. The molecule has 3 amide bonds. The first-order valence-corrected chi connectivity index (χ1v) is 5.96. The number of nitrogens with one attached hydrogen (secondary N) is 2. The van der Waals surface area contributed by atoms with Crippen LogP contribution in [0.2, 0.25) is 0 Å². The van der Waals surface area contributed by atoms with Crippen molar-refractivity contribution in [3.05, 3.63) is 39.4 Å². The summed E-state index contributed by atoms with van der Waals surface area (Å²) in [7, 11) is 0. The Balaban J connectivity index is 2.36. The topological polar surface area (TPSA) is 156 Å². The minimum Gasteiger partial charge on any atom is -0.477 e. The predicted octanol–water partition coefficient (Wildman–Crippen LogP) is -0.562. The van der Waals surface area contributed by atoms with Gasteiger partial charge in [-0.2, -0.15) is 0 Å². The van der Waals surface area contributed by atoms with Crippen LogP contribution in [-0.2, 0) is 9.59 Å². The van der Waals surface area contributed by atoms with E-state index in [0.717, 1.165) is 18.2 Å². The van der Waals surface area contributed by atoms with E-state index in [2.05, 4.69) is 5.32 Å². The third-order valence-corrected chi connectivity index (χ3v) is 2.97. The zero-order chi connectivity index (χ0) is 16.4. The lowest BCUT2D eigenvalue weighted by Crippen LogP contribution is -2.40. The number of benzene rings is 1. The highest BCUT2D eigenvalue weighted by Crippen LogP contribution is 2.22. The quantitative estimate of drug-likeness (QED) is 0.382. The Kier molecular flexibility index (Phi) is 3.84. The number of carboxylic acids is 1. The van der Waals surface area contributed by atoms with Gasteiger partial charge >= 0.3 is 5.97 Å². The number of carbonyl (C=O) groups excluding carboxylic acids is 3. The van der Waals surface area contributed by atoms with Gasteiger partial charge in [0.25, 0.3) is 11.6 Å². The summed E-state index contributed by atoms with van der Waals surface area (Å²) >= 11 is 0. The van der Waals surface area contributed by atoms with Gasteiger partial charge in [-0.05, 0) is 6.07 Å². The maximum Gasteiger partial charge on any atom is 0.343 e. The molecule has 3 N–H and O–H groups in total. The van der Waals surface area contributed by atoms with Gasteiger partial charge in [-0.25, -0.2) is 4.79 Å². The van der Waals surface area contributed by atoms with Crippen LogP contribution < -0.4 is 10.6 Å². The molecule has 0 saturated carbocycles. The normalized spacial score (nSPS) is 17.0. The molecule has 0 radical (unpaired) electrons. The van der Waals surface area contributed by atoms with Crippen molar-refractivity contribution in [1.82, 2.24) is 10.6 Å². The largest absolute Gasteiger partial charge is 0.477 e. The number of hydrogen-bond acceptors (Lipinski definition) is 6. The molecule has 1 aliphatic heterocycles. The first kappa shape index (κ1) is 15.1. The monoisotopic (exact) mass is 307 g/mol. The maximum atomic E-state index is 12.1. The van der Waals surface area contributed by atoms with E-state index in [1.165, 1.54) is 0 Å². The fraction of sp³-hybridized carbons (Fsp3) is 0.167. The second kappa shape index (κ2) is 5.60. The van der Waals surface area contributed by atoms with Crippen LogP contribution in [0.5, 0.6) is 0 Å². The Morgan fingerprint density at radius 1 is 1.36 bits per heavy atom. The highest BCUT2D eigenvalue weighted by atomic mass is 16.6. The van der Waals surface area contributed by atoms with E-state index in [0.29, 0.717) is 0 Å². The molecule has 22 heavy (non-hydrogen) atoms. The van der Waals surface area contributed by atoms with E-state index in [-0.39, 0.29) is 6.42 Å². The van der Waals surface area contributed by atoms with Crippen LogP contribution in [0, 0.1) is 10.1 Å². The lowest BCUT2D eigenvalue weighted by molar-refractivity contribution is -0.385. The minimum atomic E-state index is -1.65. The lowest BCUT2D eigenvalue weighted by atomic mass is 10.0. The molecular weight excluding hydrogens is 298 g/mol. The van der Waals surface area contributed by atoms with Crippen LogP contribution in [-0.4, -0.2) is 39.8 Å². The molecule has 0 spiro atoms. The molecule has 1 aromatic rings. The number of nitro groups is 1. The van der Waals surface area contributed by atoms with Crippen molar-refractivity contribution in [1.29, 1.82) is 0 Å². The molecule has 0 aliphatic carbocycles. The van der Waals surface area contributed by atoms with E-state index < -0.39 is 51.5 Å². The van der Waals surface area contributed by atoms with Gasteiger partial charge in [-0.3, -0.25) is 29.8 Å². The Bertz CT molecular complexity index is 713. The van der Waals surface area contributed by atoms with Crippen molar-refractivity contribution in [2.24, 2.45) is 0 Å². The van der Waals surface area contributed by atoms with Crippen molar-refractivity contribution in [3.8, 4) is 0 Å². The average molecular weight is 307 g/mol. The Morgan fingerprint density at radius 3 is 2.55 bits per heavy atom. The summed E-state index contributed by atoms with van der Waals surface area (Å²) in [6.45, 7) is 0. The molecule has 1 heterocycles. The van der Waals surface area contributed by atoms with Gasteiger partial charge in [-0.15, -0.1) is 0 Å². The van der Waals surface area contributed by atoms with Crippen LogP contribution >= 0.6 is 0 Å². The summed E-state index contributed by atoms with van der Waals surface area (Å²) in [5.41, 5.74) is -1.99. The van der Waals surface area contributed by atoms with Crippen molar-refractivity contribution in [3.63, 3.8) is 0 Å². The smallest absolute Gasteiger partial charge is 0.343 e. The highest BCUT2D eigenvalue weighted by molar-refractivity contribution is 6.11. The molecule has 114 valence electrons. The fourth-order valence-corrected chi connectivity index (χ4v) is 2.01. The molecule has 10 heteroatoms. The second-order valence-electron chi connectivity index (χ2n) is 4.40. The van der Waals surface area contributed by atoms with Gasteiger partial charge in [0, 0.05) is 6.07 Å². The Hall–Kier alpha value is -3.30. The number of hydrogen-bond donors (Lipinski definition) is 3. The molecule has 1 saturated heterocycles. The molecule has 1 fully saturated rings. The van der Waals surface area contributed by atoms with Crippen molar-refractivity contribution in [2.75, 3.05) is 0 Å². The molecular formula is C12H9N3O7. The molecule has 0 bridgehead atoms. The number of imide groups is 1. The summed E-state index contributed by atoms with van der Waals surface area (Å²) in [6.07, 6.45) is -0.276. The van der Waals surface area contributed by atoms with Gasteiger partial charge in [0.2, 0.25) is 11.8 Å². The summed E-state index contributed by atoms with van der Waals surface area (Å²) in [4.78, 5) is 55.6. The standard InChI is InChI=1S/C12H9N3O7/c16-8-4-6(11(18)14-8)13-10(17)5-2-1-3-7(15(21)22)9(5)12(19)20/h1-3,6H,4H2,(H,13,17)(H,19,20)(H,14,16,18)/t6-/m0/s1. The SMILES string of the molecule is O=C1C[C@H](NC(=O)c2cccc([N+](=O)[O-])c2C(=O)O)C(=O)N1. The van der Waals surface area contributed by atoms with E-state index in [4.69, 9.17) is 5.11 Å². The molecule has 1 aliphatic rings. The zero-order valence-corrected chi connectivity index (χ0v) is 10.9. The summed E-state index contributed by atoms with van der Waals surface area (Å²) in [6, 6.07) is 2.05. The number of rotatable bonds is 4. The molecule has 0 aromatic heterocycles. The first-order valence-electron chi connectivity index (χ1n) is 5.96. The van der Waals surface area contributed by atoms with E-state index >= 15 is 0 Å². The van der Waals surface area contributed by atoms with E-state index in [1.807, 2.05) is 5.32 Å². The van der Waals surface area contributed by atoms with E-state index in [9.17, 15) is 29.3 Å². The number of carboxylic acid groups (broad SMARTS) is 1. The van der Waals surface area contributed by atoms with Crippen LogP contribution in [0.4, 0.5) is 5.69 Å². The molecule has 10 nitrogen and oxygen atoms in total. The van der Waals surface area contributed by atoms with Gasteiger partial charge in [0.15, 0.2) is 0 Å². The third kappa shape index (κ3) is 2.75. The first-order chi connectivity index (χ1) is 10.3. The minimum absolute atomic E-state index is 0.276. The van der Waals surface area contributed by atoms with Gasteiger partial charge in [0.1, 0.15) is 11.6 Å². The summed E-state index contributed by atoms with van der Waals surface area (Å²) < 4.78 is 0. The number of aromatic carboxylic acids is 1. The Labute approximate surface area is 122 Å². The van der Waals surface area contributed by atoms with Crippen LogP contribution in [0.15, 0.2) is 18.2 Å². The third-order valence-electron chi connectivity index (χ3n) is 2.97. The summed E-state index contributed by atoms with van der Waals surface area (Å²) in [5.74, 6) is -3.94. The van der Waals surface area contributed by atoms with Crippen LogP contribution in [0.1, 0.15) is 27.1 Å².